The highest BCUT2D eigenvalue weighted by Crippen LogP contribution is 2.23. The van der Waals surface area contributed by atoms with Crippen LogP contribution in [0.4, 0.5) is 0 Å². The predicted molar refractivity (Wildman–Crippen MR) is 65.3 cm³/mol. The fraction of sp³-hybridized carbons (Fsp3) is 0.417. The fourth-order valence-electron chi connectivity index (χ4n) is 1.47. The molecule has 16 heavy (non-hydrogen) atoms. The Hall–Kier alpha value is -0.870. The smallest absolute Gasteiger partial charge is 0.308 e. The van der Waals surface area contributed by atoms with E-state index in [9.17, 15) is 9.90 Å². The molecule has 1 unspecified atom stereocenters. The summed E-state index contributed by atoms with van der Waals surface area (Å²) in [7, 11) is 0. The van der Waals surface area contributed by atoms with E-state index in [1.807, 2.05) is 24.3 Å². The van der Waals surface area contributed by atoms with Crippen LogP contribution >= 0.6 is 15.9 Å². The van der Waals surface area contributed by atoms with E-state index in [-0.39, 0.29) is 12.4 Å². The SMILES string of the molecule is CCOC(=O)CC(O)c1ccccc1CBr. The van der Waals surface area contributed by atoms with E-state index in [1.165, 1.54) is 0 Å². The molecule has 0 saturated heterocycles. The van der Waals surface area contributed by atoms with Crippen molar-refractivity contribution in [2.45, 2.75) is 24.8 Å². The molecule has 1 aromatic rings. The molecule has 0 aliphatic heterocycles. The van der Waals surface area contributed by atoms with Crippen molar-refractivity contribution < 1.29 is 14.6 Å². The maximum atomic E-state index is 11.2. The molecular formula is C12H15BrO3. The number of ether oxygens (including phenoxy) is 1. The average molecular weight is 287 g/mol. The summed E-state index contributed by atoms with van der Waals surface area (Å²) in [6, 6.07) is 7.48. The Morgan fingerprint density at radius 1 is 1.50 bits per heavy atom. The first-order valence-electron chi connectivity index (χ1n) is 5.16. The lowest BCUT2D eigenvalue weighted by Crippen LogP contribution is -2.11. The Morgan fingerprint density at radius 2 is 2.19 bits per heavy atom. The minimum atomic E-state index is -0.798. The zero-order chi connectivity index (χ0) is 12.0. The third kappa shape index (κ3) is 3.61. The van der Waals surface area contributed by atoms with E-state index in [2.05, 4.69) is 15.9 Å². The Balaban J connectivity index is 2.72. The van der Waals surface area contributed by atoms with Crippen LogP contribution in [0.3, 0.4) is 0 Å². The summed E-state index contributed by atoms with van der Waals surface area (Å²) in [5, 5.41) is 10.6. The van der Waals surface area contributed by atoms with Gasteiger partial charge in [0, 0.05) is 5.33 Å². The summed E-state index contributed by atoms with van der Waals surface area (Å²) < 4.78 is 4.80. The zero-order valence-electron chi connectivity index (χ0n) is 9.15. The third-order valence-corrected chi connectivity index (χ3v) is 2.83. The van der Waals surface area contributed by atoms with E-state index < -0.39 is 6.10 Å². The van der Waals surface area contributed by atoms with Gasteiger partial charge in [-0.3, -0.25) is 4.79 Å². The topological polar surface area (TPSA) is 46.5 Å². The lowest BCUT2D eigenvalue weighted by Gasteiger charge is -2.13. The van der Waals surface area contributed by atoms with Crippen LogP contribution in [0.15, 0.2) is 24.3 Å². The van der Waals surface area contributed by atoms with Gasteiger partial charge in [-0.2, -0.15) is 0 Å². The van der Waals surface area contributed by atoms with Gasteiger partial charge >= 0.3 is 5.97 Å². The number of rotatable bonds is 5. The van der Waals surface area contributed by atoms with Crippen molar-refractivity contribution in [2.24, 2.45) is 0 Å². The Kier molecular flexibility index (Phi) is 5.49. The molecule has 0 spiro atoms. The maximum Gasteiger partial charge on any atom is 0.308 e. The van der Waals surface area contributed by atoms with Crippen LogP contribution in [0, 0.1) is 0 Å². The molecular weight excluding hydrogens is 272 g/mol. The zero-order valence-corrected chi connectivity index (χ0v) is 10.7. The van der Waals surface area contributed by atoms with E-state index in [0.29, 0.717) is 11.9 Å². The number of benzene rings is 1. The van der Waals surface area contributed by atoms with E-state index in [0.717, 1.165) is 11.1 Å². The van der Waals surface area contributed by atoms with Crippen molar-refractivity contribution in [3.05, 3.63) is 35.4 Å². The maximum absolute atomic E-state index is 11.2. The summed E-state index contributed by atoms with van der Waals surface area (Å²) in [5.74, 6) is -0.376. The summed E-state index contributed by atoms with van der Waals surface area (Å²) in [4.78, 5) is 11.2. The minimum absolute atomic E-state index is 0.00213. The van der Waals surface area contributed by atoms with Gasteiger partial charge in [0.15, 0.2) is 0 Å². The van der Waals surface area contributed by atoms with Gasteiger partial charge in [0.2, 0.25) is 0 Å². The Labute approximate surface area is 104 Å². The molecule has 0 amide bonds. The van der Waals surface area contributed by atoms with Gasteiger partial charge < -0.3 is 9.84 Å². The Bertz CT molecular complexity index is 352. The summed E-state index contributed by atoms with van der Waals surface area (Å²) in [6.45, 7) is 2.09. The van der Waals surface area contributed by atoms with Gasteiger partial charge in [-0.15, -0.1) is 0 Å². The number of carbonyl (C=O) groups excluding carboxylic acids is 1. The van der Waals surface area contributed by atoms with E-state index in [4.69, 9.17) is 4.74 Å². The van der Waals surface area contributed by atoms with Crippen LogP contribution in [0.2, 0.25) is 0 Å². The first-order chi connectivity index (χ1) is 7.69. The van der Waals surface area contributed by atoms with Crippen LogP contribution in [-0.4, -0.2) is 17.7 Å². The molecule has 4 heteroatoms. The number of hydrogen-bond acceptors (Lipinski definition) is 3. The molecule has 0 heterocycles. The summed E-state index contributed by atoms with van der Waals surface area (Å²) >= 11 is 3.35. The van der Waals surface area contributed by atoms with Crippen LogP contribution < -0.4 is 0 Å². The standard InChI is InChI=1S/C12H15BrO3/c1-2-16-12(15)7-11(14)10-6-4-3-5-9(10)8-13/h3-6,11,14H,2,7-8H2,1H3. The van der Waals surface area contributed by atoms with Gasteiger partial charge in [-0.25, -0.2) is 0 Å². The van der Waals surface area contributed by atoms with Crippen molar-refractivity contribution in [1.29, 1.82) is 0 Å². The second-order valence-corrected chi connectivity index (χ2v) is 3.92. The number of carbonyl (C=O) groups is 1. The number of alkyl halides is 1. The number of hydrogen-bond donors (Lipinski definition) is 1. The molecule has 0 aromatic heterocycles. The molecule has 3 nitrogen and oxygen atoms in total. The highest BCUT2D eigenvalue weighted by Gasteiger charge is 2.16. The normalized spacial score (nSPS) is 12.2. The highest BCUT2D eigenvalue weighted by molar-refractivity contribution is 9.08. The van der Waals surface area contributed by atoms with Crippen molar-refractivity contribution in [1.82, 2.24) is 0 Å². The molecule has 1 atom stereocenters. The average Bonchev–Trinajstić information content (AvgIpc) is 2.29. The van der Waals surface area contributed by atoms with Crippen molar-refractivity contribution in [2.75, 3.05) is 6.61 Å². The van der Waals surface area contributed by atoms with Crippen LogP contribution in [0.25, 0.3) is 0 Å². The van der Waals surface area contributed by atoms with Gasteiger partial charge in [0.05, 0.1) is 19.1 Å². The number of aliphatic hydroxyl groups is 1. The number of aliphatic hydroxyl groups excluding tert-OH is 1. The highest BCUT2D eigenvalue weighted by atomic mass is 79.9. The lowest BCUT2D eigenvalue weighted by molar-refractivity contribution is -0.145. The van der Waals surface area contributed by atoms with Gasteiger partial charge in [0.25, 0.3) is 0 Å². The van der Waals surface area contributed by atoms with Crippen molar-refractivity contribution in [3.8, 4) is 0 Å². The largest absolute Gasteiger partial charge is 0.466 e. The second kappa shape index (κ2) is 6.66. The molecule has 1 rings (SSSR count). The van der Waals surface area contributed by atoms with Gasteiger partial charge in [-0.1, -0.05) is 40.2 Å². The number of halogens is 1. The van der Waals surface area contributed by atoms with Crippen LogP contribution in [0.5, 0.6) is 0 Å². The quantitative estimate of drug-likeness (QED) is 0.668. The fourth-order valence-corrected chi connectivity index (χ4v) is 1.98. The Morgan fingerprint density at radius 3 is 2.81 bits per heavy atom. The predicted octanol–water partition coefficient (Wildman–Crippen LogP) is 2.57. The monoisotopic (exact) mass is 286 g/mol. The molecule has 88 valence electrons. The lowest BCUT2D eigenvalue weighted by atomic mass is 10.0. The van der Waals surface area contributed by atoms with E-state index in [1.54, 1.807) is 6.92 Å². The van der Waals surface area contributed by atoms with Gasteiger partial charge in [-0.05, 0) is 18.1 Å². The molecule has 0 aliphatic carbocycles. The van der Waals surface area contributed by atoms with Crippen molar-refractivity contribution >= 4 is 21.9 Å². The van der Waals surface area contributed by atoms with Crippen LogP contribution in [-0.2, 0) is 14.9 Å². The summed E-state index contributed by atoms with van der Waals surface area (Å²) in [5.41, 5.74) is 1.76. The third-order valence-electron chi connectivity index (χ3n) is 2.22. The first-order valence-corrected chi connectivity index (χ1v) is 6.28. The van der Waals surface area contributed by atoms with Crippen molar-refractivity contribution in [3.63, 3.8) is 0 Å². The molecule has 0 aliphatic rings. The second-order valence-electron chi connectivity index (χ2n) is 3.36. The molecule has 0 radical (unpaired) electrons. The number of esters is 1. The van der Waals surface area contributed by atoms with Crippen LogP contribution in [0.1, 0.15) is 30.6 Å². The molecule has 1 N–H and O–H groups in total. The molecule has 1 aromatic carbocycles. The first kappa shape index (κ1) is 13.2. The van der Waals surface area contributed by atoms with Gasteiger partial charge in [0.1, 0.15) is 0 Å². The molecule has 0 bridgehead atoms. The van der Waals surface area contributed by atoms with E-state index >= 15 is 0 Å². The minimum Gasteiger partial charge on any atom is -0.466 e. The summed E-state index contributed by atoms with van der Waals surface area (Å²) in [6.07, 6.45) is -0.800. The molecule has 0 saturated carbocycles. The molecule has 0 fully saturated rings.